The van der Waals surface area contributed by atoms with E-state index < -0.39 is 10.0 Å². The van der Waals surface area contributed by atoms with Gasteiger partial charge in [-0.1, -0.05) is 90.0 Å². The summed E-state index contributed by atoms with van der Waals surface area (Å²) in [5.41, 5.74) is 10.4. The first-order chi connectivity index (χ1) is 16.9. The molecule has 0 aromatic heterocycles. The molecule has 2 N–H and O–H groups in total. The van der Waals surface area contributed by atoms with Crippen molar-refractivity contribution < 1.29 is 8.42 Å². The SMILES string of the molecule is C/C(=C\c1ccc(S(N)(=O)=O)cc1)CN1CCC(=C2c3ccccc3C=Cc3ccccc32)CC1. The van der Waals surface area contributed by atoms with Gasteiger partial charge < -0.3 is 0 Å². The van der Waals surface area contributed by atoms with Crippen molar-refractivity contribution in [3.8, 4) is 0 Å². The molecule has 0 unspecified atom stereocenters. The Balaban J connectivity index is 1.34. The Bertz CT molecular complexity index is 1390. The molecule has 0 amide bonds. The zero-order valence-electron chi connectivity index (χ0n) is 19.9. The smallest absolute Gasteiger partial charge is 0.238 e. The normalized spacial score (nSPS) is 16.6. The minimum absolute atomic E-state index is 0.140. The van der Waals surface area contributed by atoms with Gasteiger partial charge in [-0.05, 0) is 65.3 Å². The molecule has 0 bridgehead atoms. The first-order valence-electron chi connectivity index (χ1n) is 12.0. The van der Waals surface area contributed by atoms with Crippen molar-refractivity contribution in [2.45, 2.75) is 24.7 Å². The summed E-state index contributed by atoms with van der Waals surface area (Å²) in [4.78, 5) is 2.64. The Kier molecular flexibility index (Phi) is 6.56. The number of piperidine rings is 1. The largest absolute Gasteiger partial charge is 0.299 e. The molecule has 1 aliphatic heterocycles. The van der Waals surface area contributed by atoms with E-state index in [9.17, 15) is 8.42 Å². The fraction of sp³-hybridized carbons (Fsp3) is 0.200. The maximum Gasteiger partial charge on any atom is 0.238 e. The van der Waals surface area contributed by atoms with Crippen LogP contribution in [0.2, 0.25) is 0 Å². The van der Waals surface area contributed by atoms with Crippen molar-refractivity contribution in [1.82, 2.24) is 4.90 Å². The average Bonchev–Trinajstić information content (AvgIpc) is 3.01. The highest BCUT2D eigenvalue weighted by atomic mass is 32.2. The molecule has 3 aromatic rings. The fourth-order valence-corrected chi connectivity index (χ4v) is 5.63. The molecular formula is C30H30N2O2S. The molecule has 5 rings (SSSR count). The van der Waals surface area contributed by atoms with E-state index in [0.717, 1.165) is 38.0 Å². The molecule has 2 aliphatic rings. The average molecular weight is 483 g/mol. The number of fused-ring (bicyclic) bond motifs is 2. The van der Waals surface area contributed by atoms with Gasteiger partial charge in [0.05, 0.1) is 4.90 Å². The Morgan fingerprint density at radius 2 is 1.40 bits per heavy atom. The van der Waals surface area contributed by atoms with Crippen molar-refractivity contribution in [2.24, 2.45) is 5.14 Å². The predicted molar refractivity (Wildman–Crippen MR) is 145 cm³/mol. The molecule has 0 radical (unpaired) electrons. The van der Waals surface area contributed by atoms with E-state index in [-0.39, 0.29) is 4.90 Å². The van der Waals surface area contributed by atoms with Crippen molar-refractivity contribution >= 4 is 33.8 Å². The van der Waals surface area contributed by atoms with Gasteiger partial charge in [-0.2, -0.15) is 0 Å². The molecule has 35 heavy (non-hydrogen) atoms. The molecule has 1 aliphatic carbocycles. The van der Waals surface area contributed by atoms with Crippen LogP contribution >= 0.6 is 0 Å². The lowest BCUT2D eigenvalue weighted by Gasteiger charge is -2.30. The molecule has 4 nitrogen and oxygen atoms in total. The van der Waals surface area contributed by atoms with E-state index in [4.69, 9.17) is 5.14 Å². The van der Waals surface area contributed by atoms with Gasteiger partial charge in [-0.25, -0.2) is 13.6 Å². The monoisotopic (exact) mass is 482 g/mol. The topological polar surface area (TPSA) is 63.4 Å². The van der Waals surface area contributed by atoms with E-state index in [1.165, 1.54) is 39.0 Å². The number of hydrogen-bond donors (Lipinski definition) is 1. The number of nitrogens with two attached hydrogens (primary N) is 1. The summed E-state index contributed by atoms with van der Waals surface area (Å²) >= 11 is 0. The summed E-state index contributed by atoms with van der Waals surface area (Å²) in [6, 6.07) is 24.1. The van der Waals surface area contributed by atoms with Crippen LogP contribution in [0.15, 0.2) is 88.8 Å². The Hall–Kier alpha value is -3.25. The lowest BCUT2D eigenvalue weighted by Crippen LogP contribution is -2.32. The highest BCUT2D eigenvalue weighted by Gasteiger charge is 2.22. The molecule has 0 saturated carbocycles. The van der Waals surface area contributed by atoms with Crippen molar-refractivity contribution in [2.75, 3.05) is 19.6 Å². The summed E-state index contributed by atoms with van der Waals surface area (Å²) in [6.07, 6.45) is 8.69. The molecule has 178 valence electrons. The zero-order valence-corrected chi connectivity index (χ0v) is 20.8. The van der Waals surface area contributed by atoms with Gasteiger partial charge in [0.15, 0.2) is 0 Å². The second-order valence-corrected chi connectivity index (χ2v) is 10.9. The summed E-state index contributed by atoms with van der Waals surface area (Å²) in [7, 11) is -3.66. The van der Waals surface area contributed by atoms with Gasteiger partial charge >= 0.3 is 0 Å². The van der Waals surface area contributed by atoms with Crippen molar-refractivity contribution in [3.05, 3.63) is 112 Å². The lowest BCUT2D eigenvalue weighted by atomic mass is 9.86. The number of benzene rings is 3. The Morgan fingerprint density at radius 1 is 0.857 bits per heavy atom. The fourth-order valence-electron chi connectivity index (χ4n) is 5.11. The van der Waals surface area contributed by atoms with Gasteiger partial charge in [0.25, 0.3) is 0 Å². The zero-order chi connectivity index (χ0) is 24.4. The van der Waals surface area contributed by atoms with Crippen LogP contribution in [0.25, 0.3) is 23.8 Å². The molecule has 0 spiro atoms. The Labute approximate surface area is 208 Å². The number of likely N-dealkylation sites (tertiary alicyclic amines) is 1. The third kappa shape index (κ3) is 5.22. The summed E-state index contributed by atoms with van der Waals surface area (Å²) in [5.74, 6) is 0. The van der Waals surface area contributed by atoms with Crippen molar-refractivity contribution in [3.63, 3.8) is 0 Å². The third-order valence-electron chi connectivity index (χ3n) is 6.81. The summed E-state index contributed by atoms with van der Waals surface area (Å²) < 4.78 is 22.9. The van der Waals surface area contributed by atoms with E-state index in [0.29, 0.717) is 0 Å². The van der Waals surface area contributed by atoms with Gasteiger partial charge in [-0.3, -0.25) is 4.90 Å². The number of hydrogen-bond acceptors (Lipinski definition) is 3. The lowest BCUT2D eigenvalue weighted by molar-refractivity contribution is 0.278. The number of primary sulfonamides is 1. The van der Waals surface area contributed by atoms with Crippen LogP contribution in [0.5, 0.6) is 0 Å². The van der Waals surface area contributed by atoms with Crippen LogP contribution in [0, 0.1) is 0 Å². The molecule has 3 aromatic carbocycles. The van der Waals surface area contributed by atoms with Crippen molar-refractivity contribution in [1.29, 1.82) is 0 Å². The second kappa shape index (κ2) is 9.78. The van der Waals surface area contributed by atoms with Crippen LogP contribution < -0.4 is 5.14 Å². The number of sulfonamides is 1. The quantitative estimate of drug-likeness (QED) is 0.399. The van der Waals surface area contributed by atoms with Gasteiger partial charge in [-0.15, -0.1) is 0 Å². The summed E-state index contributed by atoms with van der Waals surface area (Å²) in [6.45, 7) is 5.07. The van der Waals surface area contributed by atoms with E-state index in [1.54, 1.807) is 24.3 Å². The minimum atomic E-state index is -3.66. The number of rotatable bonds is 4. The highest BCUT2D eigenvalue weighted by molar-refractivity contribution is 7.89. The van der Waals surface area contributed by atoms with Gasteiger partial charge in [0.2, 0.25) is 10.0 Å². The van der Waals surface area contributed by atoms with Crippen LogP contribution in [0.4, 0.5) is 0 Å². The molecule has 1 saturated heterocycles. The van der Waals surface area contributed by atoms with E-state index in [2.05, 4.69) is 78.6 Å². The van der Waals surface area contributed by atoms with Crippen LogP contribution in [-0.2, 0) is 10.0 Å². The first-order valence-corrected chi connectivity index (χ1v) is 13.5. The summed E-state index contributed by atoms with van der Waals surface area (Å²) in [5, 5.41) is 5.20. The predicted octanol–water partition coefficient (Wildman–Crippen LogP) is 5.82. The molecule has 1 fully saturated rings. The highest BCUT2D eigenvalue weighted by Crippen LogP contribution is 2.38. The van der Waals surface area contributed by atoms with Gasteiger partial charge in [0, 0.05) is 19.6 Å². The van der Waals surface area contributed by atoms with Gasteiger partial charge in [0.1, 0.15) is 0 Å². The minimum Gasteiger partial charge on any atom is -0.299 e. The van der Waals surface area contributed by atoms with Crippen LogP contribution in [0.1, 0.15) is 47.6 Å². The second-order valence-electron chi connectivity index (χ2n) is 9.37. The van der Waals surface area contributed by atoms with E-state index >= 15 is 0 Å². The van der Waals surface area contributed by atoms with Crippen LogP contribution in [-0.4, -0.2) is 33.0 Å². The Morgan fingerprint density at radius 3 is 1.94 bits per heavy atom. The van der Waals surface area contributed by atoms with Crippen LogP contribution in [0.3, 0.4) is 0 Å². The molecular weight excluding hydrogens is 452 g/mol. The third-order valence-corrected chi connectivity index (χ3v) is 7.74. The molecule has 1 heterocycles. The first kappa shape index (κ1) is 23.5. The number of nitrogens with zero attached hydrogens (tertiary/aromatic N) is 1. The van der Waals surface area contributed by atoms with E-state index in [1.807, 2.05) is 0 Å². The molecule has 5 heteroatoms. The molecule has 0 atom stereocenters. The maximum absolute atomic E-state index is 11.5. The maximum atomic E-state index is 11.5. The standard InChI is InChI=1S/C30H30N2O2S/c1-22(20-23-10-14-27(15-11-23)35(31,33)34)21-32-18-16-26(17-19-32)30-28-8-4-2-6-24(28)12-13-25-7-3-5-9-29(25)30/h2-15,20H,16-19,21H2,1H3,(H2,31,33,34)/b22-20+.